The van der Waals surface area contributed by atoms with Gasteiger partial charge in [-0.05, 0) is 54.1 Å². The van der Waals surface area contributed by atoms with Crippen molar-refractivity contribution in [3.63, 3.8) is 0 Å². The molecule has 0 saturated carbocycles. The molecule has 3 rings (SSSR count). The van der Waals surface area contributed by atoms with Crippen molar-refractivity contribution >= 4 is 29.2 Å². The van der Waals surface area contributed by atoms with Gasteiger partial charge in [-0.3, -0.25) is 20.3 Å². The minimum atomic E-state index is -0.460. The second-order valence-electron chi connectivity index (χ2n) is 6.28. The van der Waals surface area contributed by atoms with Gasteiger partial charge in [0.15, 0.2) is 6.61 Å². The monoisotopic (exact) mass is 420 g/mol. The molecular formula is C22H20N4O5. The van der Waals surface area contributed by atoms with Crippen molar-refractivity contribution in [1.29, 1.82) is 0 Å². The molecule has 0 saturated heterocycles. The molecule has 3 aromatic rings. The van der Waals surface area contributed by atoms with Crippen molar-refractivity contribution in [2.45, 2.75) is 0 Å². The first-order chi connectivity index (χ1) is 15.0. The van der Waals surface area contributed by atoms with Crippen LogP contribution in [0.15, 0.2) is 77.9 Å². The Morgan fingerprint density at radius 2 is 1.77 bits per heavy atom. The van der Waals surface area contributed by atoms with E-state index < -0.39 is 4.92 Å². The molecule has 3 aromatic carbocycles. The SMILES string of the molecule is COc1ccccc1NC(=O)COc1ccc(/C=N/Nc2ccc([N+](=O)[O-])cc2)cc1. The van der Waals surface area contributed by atoms with Gasteiger partial charge < -0.3 is 14.8 Å². The Morgan fingerprint density at radius 1 is 1.06 bits per heavy atom. The number of carbonyl (C=O) groups is 1. The highest BCUT2D eigenvalue weighted by Crippen LogP contribution is 2.23. The first-order valence-corrected chi connectivity index (χ1v) is 9.24. The van der Waals surface area contributed by atoms with Gasteiger partial charge in [0.25, 0.3) is 11.6 Å². The Hall–Kier alpha value is -4.40. The Labute approximate surface area is 178 Å². The summed E-state index contributed by atoms with van der Waals surface area (Å²) in [5, 5.41) is 17.5. The van der Waals surface area contributed by atoms with Gasteiger partial charge in [0.1, 0.15) is 11.5 Å². The van der Waals surface area contributed by atoms with Crippen LogP contribution in [0.2, 0.25) is 0 Å². The smallest absolute Gasteiger partial charge is 0.269 e. The van der Waals surface area contributed by atoms with E-state index in [1.807, 2.05) is 6.07 Å². The van der Waals surface area contributed by atoms with Crippen molar-refractivity contribution in [2.75, 3.05) is 24.5 Å². The normalized spacial score (nSPS) is 10.5. The van der Waals surface area contributed by atoms with Crippen LogP contribution in [0.25, 0.3) is 0 Å². The number of hydrogen-bond acceptors (Lipinski definition) is 7. The van der Waals surface area contributed by atoms with E-state index in [-0.39, 0.29) is 18.2 Å². The van der Waals surface area contributed by atoms with E-state index in [4.69, 9.17) is 9.47 Å². The summed E-state index contributed by atoms with van der Waals surface area (Å²) >= 11 is 0. The predicted molar refractivity (Wildman–Crippen MR) is 118 cm³/mol. The topological polar surface area (TPSA) is 115 Å². The molecule has 1 amide bonds. The maximum atomic E-state index is 12.1. The number of rotatable bonds is 9. The minimum absolute atomic E-state index is 0.0155. The molecule has 0 bridgehead atoms. The van der Waals surface area contributed by atoms with Crippen molar-refractivity contribution < 1.29 is 19.2 Å². The number of hydrazone groups is 1. The molecule has 0 aliphatic heterocycles. The molecule has 0 aromatic heterocycles. The molecule has 0 unspecified atom stereocenters. The summed E-state index contributed by atoms with van der Waals surface area (Å²) in [5.74, 6) is 0.805. The van der Waals surface area contributed by atoms with Gasteiger partial charge in [0.05, 0.1) is 29.6 Å². The molecule has 0 atom stereocenters. The predicted octanol–water partition coefficient (Wildman–Crippen LogP) is 4.07. The third kappa shape index (κ3) is 6.29. The first-order valence-electron chi connectivity index (χ1n) is 9.24. The van der Waals surface area contributed by atoms with Crippen LogP contribution < -0.4 is 20.2 Å². The lowest BCUT2D eigenvalue weighted by Crippen LogP contribution is -2.20. The summed E-state index contributed by atoms with van der Waals surface area (Å²) in [6, 6.07) is 20.1. The van der Waals surface area contributed by atoms with Gasteiger partial charge >= 0.3 is 0 Å². The Bertz CT molecular complexity index is 1070. The summed E-state index contributed by atoms with van der Waals surface area (Å²) in [5.41, 5.74) is 4.82. The molecule has 31 heavy (non-hydrogen) atoms. The average molecular weight is 420 g/mol. The number of hydrogen-bond donors (Lipinski definition) is 2. The van der Waals surface area contributed by atoms with Crippen LogP contribution in [0, 0.1) is 10.1 Å². The molecule has 9 nitrogen and oxygen atoms in total. The molecule has 9 heteroatoms. The highest BCUT2D eigenvalue weighted by Gasteiger charge is 2.07. The molecule has 0 aliphatic rings. The second-order valence-corrected chi connectivity index (χ2v) is 6.28. The number of amides is 1. The summed E-state index contributed by atoms with van der Waals surface area (Å²) in [6.07, 6.45) is 1.60. The van der Waals surface area contributed by atoms with E-state index >= 15 is 0 Å². The maximum Gasteiger partial charge on any atom is 0.269 e. The molecule has 0 heterocycles. The van der Waals surface area contributed by atoms with Crippen LogP contribution in [0.5, 0.6) is 11.5 Å². The van der Waals surface area contributed by atoms with E-state index in [9.17, 15) is 14.9 Å². The quantitative estimate of drug-likeness (QED) is 0.306. The third-order valence-corrected chi connectivity index (χ3v) is 4.12. The molecule has 0 aliphatic carbocycles. The summed E-state index contributed by atoms with van der Waals surface area (Å²) in [4.78, 5) is 22.3. The number of carbonyl (C=O) groups excluding carboxylic acids is 1. The third-order valence-electron chi connectivity index (χ3n) is 4.12. The fraction of sp³-hybridized carbons (Fsp3) is 0.0909. The van der Waals surface area contributed by atoms with Crippen LogP contribution in [-0.2, 0) is 4.79 Å². The first kappa shape index (κ1) is 21.3. The molecule has 0 fully saturated rings. The average Bonchev–Trinajstić information content (AvgIpc) is 2.79. The van der Waals surface area contributed by atoms with Crippen molar-refractivity contribution in [2.24, 2.45) is 5.10 Å². The zero-order valence-corrected chi connectivity index (χ0v) is 16.6. The number of para-hydroxylation sites is 2. The summed E-state index contributed by atoms with van der Waals surface area (Å²) in [7, 11) is 1.54. The van der Waals surface area contributed by atoms with E-state index in [1.165, 1.54) is 19.2 Å². The Kier molecular flexibility index (Phi) is 7.15. The van der Waals surface area contributed by atoms with Gasteiger partial charge in [-0.1, -0.05) is 12.1 Å². The van der Waals surface area contributed by atoms with Crippen molar-refractivity contribution in [3.8, 4) is 11.5 Å². The fourth-order valence-corrected chi connectivity index (χ4v) is 2.57. The molecule has 2 N–H and O–H groups in total. The van der Waals surface area contributed by atoms with Gasteiger partial charge in [0, 0.05) is 12.1 Å². The number of methoxy groups -OCH3 is 1. The molecule has 158 valence electrons. The van der Waals surface area contributed by atoms with E-state index in [0.717, 1.165) is 5.56 Å². The lowest BCUT2D eigenvalue weighted by atomic mass is 10.2. The number of nitro groups is 1. The van der Waals surface area contributed by atoms with Crippen LogP contribution >= 0.6 is 0 Å². The van der Waals surface area contributed by atoms with E-state index in [0.29, 0.717) is 22.9 Å². The second kappa shape index (κ2) is 10.4. The number of benzene rings is 3. The van der Waals surface area contributed by atoms with E-state index in [2.05, 4.69) is 15.8 Å². The standard InChI is InChI=1S/C22H20N4O5/c1-30-21-5-3-2-4-20(21)24-22(27)15-31-19-12-6-16(7-13-19)14-23-25-17-8-10-18(11-9-17)26(28)29/h2-14,25H,15H2,1H3,(H,24,27)/b23-14+. The van der Waals surface area contributed by atoms with Crippen molar-refractivity contribution in [1.82, 2.24) is 0 Å². The Balaban J connectivity index is 1.47. The largest absolute Gasteiger partial charge is 0.495 e. The number of non-ortho nitro benzene ring substituents is 1. The lowest BCUT2D eigenvalue weighted by Gasteiger charge is -2.10. The number of anilines is 2. The summed E-state index contributed by atoms with van der Waals surface area (Å²) in [6.45, 7) is -0.146. The molecular weight excluding hydrogens is 400 g/mol. The maximum absolute atomic E-state index is 12.1. The fourth-order valence-electron chi connectivity index (χ4n) is 2.57. The molecule has 0 radical (unpaired) electrons. The minimum Gasteiger partial charge on any atom is -0.495 e. The van der Waals surface area contributed by atoms with Gasteiger partial charge in [-0.15, -0.1) is 0 Å². The highest BCUT2D eigenvalue weighted by atomic mass is 16.6. The summed E-state index contributed by atoms with van der Waals surface area (Å²) < 4.78 is 10.7. The number of nitrogens with zero attached hydrogens (tertiary/aromatic N) is 2. The van der Waals surface area contributed by atoms with Crippen LogP contribution in [-0.4, -0.2) is 30.8 Å². The van der Waals surface area contributed by atoms with Crippen LogP contribution in [0.3, 0.4) is 0 Å². The number of nitro benzene ring substituents is 1. The van der Waals surface area contributed by atoms with Gasteiger partial charge in [-0.25, -0.2) is 0 Å². The number of ether oxygens (including phenoxy) is 2. The zero-order valence-electron chi connectivity index (χ0n) is 16.6. The van der Waals surface area contributed by atoms with Crippen molar-refractivity contribution in [3.05, 3.63) is 88.5 Å². The number of nitrogens with one attached hydrogen (secondary N) is 2. The zero-order chi connectivity index (χ0) is 22.1. The van der Waals surface area contributed by atoms with Gasteiger partial charge in [0.2, 0.25) is 0 Å². The van der Waals surface area contributed by atoms with Gasteiger partial charge in [-0.2, -0.15) is 5.10 Å². The Morgan fingerprint density at radius 3 is 2.45 bits per heavy atom. The van der Waals surface area contributed by atoms with E-state index in [1.54, 1.807) is 60.8 Å². The van der Waals surface area contributed by atoms with Crippen LogP contribution in [0.4, 0.5) is 17.1 Å². The highest BCUT2D eigenvalue weighted by molar-refractivity contribution is 5.93. The van der Waals surface area contributed by atoms with Crippen LogP contribution in [0.1, 0.15) is 5.56 Å². The lowest BCUT2D eigenvalue weighted by molar-refractivity contribution is -0.384. The molecule has 0 spiro atoms.